The smallest absolute Gasteiger partial charge is 0.0366 e. The highest BCUT2D eigenvalue weighted by Crippen LogP contribution is 2.14. The predicted octanol–water partition coefficient (Wildman–Crippen LogP) is 3.23. The lowest BCUT2D eigenvalue weighted by molar-refractivity contribution is 0.792. The minimum atomic E-state index is 1.09. The summed E-state index contributed by atoms with van der Waals surface area (Å²) in [4.78, 5) is 2.40. The summed E-state index contributed by atoms with van der Waals surface area (Å²) in [5, 5.41) is 0. The maximum absolute atomic E-state index is 2.40. The molecule has 0 spiro atoms. The van der Waals surface area contributed by atoms with Crippen LogP contribution in [-0.2, 0) is 0 Å². The average Bonchev–Trinajstić information content (AvgIpc) is 2.16. The van der Waals surface area contributed by atoms with Gasteiger partial charge >= 0.3 is 0 Å². The molecule has 0 aliphatic rings. The Hall–Kier alpha value is -0.980. The van der Waals surface area contributed by atoms with Crippen LogP contribution in [0.5, 0.6) is 0 Å². The van der Waals surface area contributed by atoms with Gasteiger partial charge in [-0.05, 0) is 32.4 Å². The van der Waals surface area contributed by atoms with E-state index in [0.29, 0.717) is 0 Å². The van der Waals surface area contributed by atoms with Crippen LogP contribution in [0.4, 0.5) is 5.69 Å². The van der Waals surface area contributed by atoms with Crippen LogP contribution in [-0.4, -0.2) is 13.1 Å². The Balaban J connectivity index is 2.73. The van der Waals surface area contributed by atoms with Gasteiger partial charge in [0.2, 0.25) is 0 Å². The highest BCUT2D eigenvalue weighted by atomic mass is 15.1. The maximum Gasteiger partial charge on any atom is 0.0366 e. The third kappa shape index (κ3) is 2.76. The molecule has 13 heavy (non-hydrogen) atoms. The quantitative estimate of drug-likeness (QED) is 0.682. The number of hydrogen-bond donors (Lipinski definition) is 0. The predicted molar refractivity (Wildman–Crippen MR) is 59.4 cm³/mol. The summed E-state index contributed by atoms with van der Waals surface area (Å²) in [5.74, 6) is 0. The first-order chi connectivity index (χ1) is 6.27. The molecular formula is C12H19N. The van der Waals surface area contributed by atoms with Crippen molar-refractivity contribution in [3.05, 3.63) is 29.8 Å². The lowest BCUT2D eigenvalue weighted by atomic mass is 10.2. The van der Waals surface area contributed by atoms with Crippen LogP contribution in [0.15, 0.2) is 24.3 Å². The monoisotopic (exact) mass is 177 g/mol. The average molecular weight is 177 g/mol. The summed E-state index contributed by atoms with van der Waals surface area (Å²) >= 11 is 0. The van der Waals surface area contributed by atoms with E-state index in [4.69, 9.17) is 0 Å². The topological polar surface area (TPSA) is 3.24 Å². The molecule has 0 saturated carbocycles. The maximum atomic E-state index is 2.40. The third-order valence-corrected chi connectivity index (χ3v) is 2.27. The van der Waals surface area contributed by atoms with Gasteiger partial charge in [0.25, 0.3) is 0 Å². The highest BCUT2D eigenvalue weighted by molar-refractivity contribution is 5.47. The Labute approximate surface area is 81.4 Å². The molecule has 0 aliphatic heterocycles. The molecule has 0 bridgehead atoms. The van der Waals surface area contributed by atoms with E-state index in [1.54, 1.807) is 0 Å². The van der Waals surface area contributed by atoms with E-state index in [1.165, 1.54) is 17.7 Å². The van der Waals surface area contributed by atoms with E-state index < -0.39 is 0 Å². The molecular weight excluding hydrogens is 158 g/mol. The van der Waals surface area contributed by atoms with Crippen molar-refractivity contribution in [3.8, 4) is 0 Å². The summed E-state index contributed by atoms with van der Waals surface area (Å²) in [6, 6.07) is 8.75. The minimum Gasteiger partial charge on any atom is -0.372 e. The Kier molecular flexibility index (Phi) is 3.81. The molecule has 0 aromatic heterocycles. The lowest BCUT2D eigenvalue weighted by Gasteiger charge is -2.22. The van der Waals surface area contributed by atoms with Gasteiger partial charge in [-0.1, -0.05) is 24.6 Å². The Morgan fingerprint density at radius 3 is 2.15 bits per heavy atom. The standard InChI is InChI=1S/C12H19N/c1-4-10-13(5-2)12-8-6-11(3)7-9-12/h6-9H,4-5,10H2,1-3H3. The van der Waals surface area contributed by atoms with Crippen LogP contribution < -0.4 is 4.90 Å². The summed E-state index contributed by atoms with van der Waals surface area (Å²) in [6.45, 7) is 8.79. The van der Waals surface area contributed by atoms with Gasteiger partial charge < -0.3 is 4.90 Å². The Morgan fingerprint density at radius 2 is 1.69 bits per heavy atom. The second-order valence-corrected chi connectivity index (χ2v) is 3.42. The molecule has 0 saturated heterocycles. The summed E-state index contributed by atoms with van der Waals surface area (Å²) in [7, 11) is 0. The molecule has 0 unspecified atom stereocenters. The zero-order valence-electron chi connectivity index (χ0n) is 8.88. The van der Waals surface area contributed by atoms with Gasteiger partial charge in [-0.25, -0.2) is 0 Å². The first-order valence-corrected chi connectivity index (χ1v) is 5.09. The van der Waals surface area contributed by atoms with E-state index in [2.05, 4.69) is 49.9 Å². The van der Waals surface area contributed by atoms with E-state index in [9.17, 15) is 0 Å². The van der Waals surface area contributed by atoms with Gasteiger partial charge in [-0.15, -0.1) is 0 Å². The molecule has 1 nitrogen and oxygen atoms in total. The zero-order valence-corrected chi connectivity index (χ0v) is 8.88. The van der Waals surface area contributed by atoms with Crippen molar-refractivity contribution in [1.29, 1.82) is 0 Å². The highest BCUT2D eigenvalue weighted by Gasteiger charge is 2.00. The molecule has 1 heteroatoms. The van der Waals surface area contributed by atoms with Crippen molar-refractivity contribution in [2.75, 3.05) is 18.0 Å². The molecule has 0 heterocycles. The van der Waals surface area contributed by atoms with Gasteiger partial charge in [-0.3, -0.25) is 0 Å². The van der Waals surface area contributed by atoms with Crippen molar-refractivity contribution < 1.29 is 0 Å². The van der Waals surface area contributed by atoms with Crippen molar-refractivity contribution in [3.63, 3.8) is 0 Å². The first-order valence-electron chi connectivity index (χ1n) is 5.09. The second kappa shape index (κ2) is 4.90. The number of hydrogen-bond acceptors (Lipinski definition) is 1. The van der Waals surface area contributed by atoms with Crippen LogP contribution in [0, 0.1) is 6.92 Å². The van der Waals surface area contributed by atoms with E-state index in [1.807, 2.05) is 0 Å². The fourth-order valence-electron chi connectivity index (χ4n) is 1.50. The molecule has 1 aromatic rings. The van der Waals surface area contributed by atoms with Gasteiger partial charge in [0.15, 0.2) is 0 Å². The summed E-state index contributed by atoms with van der Waals surface area (Å²) in [5.41, 5.74) is 2.67. The molecule has 0 fully saturated rings. The normalized spacial score (nSPS) is 10.1. The fourth-order valence-corrected chi connectivity index (χ4v) is 1.50. The van der Waals surface area contributed by atoms with Crippen molar-refractivity contribution in [2.45, 2.75) is 27.2 Å². The van der Waals surface area contributed by atoms with Gasteiger partial charge in [-0.2, -0.15) is 0 Å². The number of benzene rings is 1. The fraction of sp³-hybridized carbons (Fsp3) is 0.500. The molecule has 0 atom stereocenters. The number of rotatable bonds is 4. The number of anilines is 1. The molecule has 0 amide bonds. The molecule has 0 radical (unpaired) electrons. The zero-order chi connectivity index (χ0) is 9.68. The van der Waals surface area contributed by atoms with Crippen LogP contribution in [0.25, 0.3) is 0 Å². The third-order valence-electron chi connectivity index (χ3n) is 2.27. The first kappa shape index (κ1) is 10.1. The molecule has 0 N–H and O–H groups in total. The van der Waals surface area contributed by atoms with Crippen molar-refractivity contribution >= 4 is 5.69 Å². The van der Waals surface area contributed by atoms with Gasteiger partial charge in [0.1, 0.15) is 0 Å². The molecule has 1 rings (SSSR count). The summed E-state index contributed by atoms with van der Waals surface area (Å²) < 4.78 is 0. The minimum absolute atomic E-state index is 1.09. The van der Waals surface area contributed by atoms with E-state index in [-0.39, 0.29) is 0 Å². The molecule has 72 valence electrons. The van der Waals surface area contributed by atoms with Crippen LogP contribution >= 0.6 is 0 Å². The lowest BCUT2D eigenvalue weighted by Crippen LogP contribution is -2.23. The van der Waals surface area contributed by atoms with Gasteiger partial charge in [0, 0.05) is 18.8 Å². The van der Waals surface area contributed by atoms with Crippen molar-refractivity contribution in [2.24, 2.45) is 0 Å². The van der Waals surface area contributed by atoms with Gasteiger partial charge in [0.05, 0.1) is 0 Å². The van der Waals surface area contributed by atoms with Crippen molar-refractivity contribution in [1.82, 2.24) is 0 Å². The largest absolute Gasteiger partial charge is 0.372 e. The van der Waals surface area contributed by atoms with Crippen LogP contribution in [0.3, 0.4) is 0 Å². The Morgan fingerprint density at radius 1 is 1.08 bits per heavy atom. The van der Waals surface area contributed by atoms with E-state index in [0.717, 1.165) is 13.1 Å². The second-order valence-electron chi connectivity index (χ2n) is 3.42. The number of nitrogens with zero attached hydrogens (tertiary/aromatic N) is 1. The summed E-state index contributed by atoms with van der Waals surface area (Å²) in [6.07, 6.45) is 1.21. The SMILES string of the molecule is CCCN(CC)c1ccc(C)cc1. The molecule has 1 aromatic carbocycles. The number of aryl methyl sites for hydroxylation is 1. The van der Waals surface area contributed by atoms with Crippen LogP contribution in [0.1, 0.15) is 25.8 Å². The van der Waals surface area contributed by atoms with E-state index >= 15 is 0 Å². The molecule has 0 aliphatic carbocycles. The Bertz CT molecular complexity index is 238. The van der Waals surface area contributed by atoms with Crippen LogP contribution in [0.2, 0.25) is 0 Å².